The molecule has 3 aliphatic rings. The van der Waals surface area contributed by atoms with Crippen molar-refractivity contribution in [3.8, 4) is 0 Å². The summed E-state index contributed by atoms with van der Waals surface area (Å²) in [7, 11) is 2.59. The Hall–Kier alpha value is -6.30. The summed E-state index contributed by atoms with van der Waals surface area (Å²) in [5, 5.41) is 1.96. The molecule has 0 radical (unpaired) electrons. The van der Waals surface area contributed by atoms with E-state index in [0.29, 0.717) is 18.3 Å². The molecule has 3 aliphatic heterocycles. The number of aromatic nitrogens is 4. The number of fused-ring (bicyclic) bond motifs is 6. The average molecular weight is 769 g/mol. The van der Waals surface area contributed by atoms with Crippen LogP contribution in [0.2, 0.25) is 0 Å². The second-order valence-electron chi connectivity index (χ2n) is 15.0. The minimum absolute atomic E-state index is 0.0356. The van der Waals surface area contributed by atoms with Crippen LogP contribution in [0.1, 0.15) is 122 Å². The molecule has 57 heavy (non-hydrogen) atoms. The first-order chi connectivity index (χ1) is 27.2. The lowest BCUT2D eigenvalue weighted by atomic mass is 9.79. The van der Waals surface area contributed by atoms with Gasteiger partial charge in [-0.2, -0.15) is 0 Å². The fourth-order valence-electron chi connectivity index (χ4n) is 8.77. The zero-order valence-electron chi connectivity index (χ0n) is 34.1. The van der Waals surface area contributed by atoms with Gasteiger partial charge in [-0.1, -0.05) is 13.8 Å². The topological polar surface area (TPSA) is 153 Å². The Morgan fingerprint density at radius 2 is 1.46 bits per heavy atom. The summed E-state index contributed by atoms with van der Waals surface area (Å²) < 4.78 is 13.9. The van der Waals surface area contributed by atoms with E-state index in [0.717, 1.165) is 85.3 Å². The molecule has 0 fully saturated rings. The summed E-state index contributed by atoms with van der Waals surface area (Å²) in [6, 6.07) is 2.17. The number of carbonyl (C=O) groups excluding carboxylic acids is 4. The number of allylic oxidation sites excluding steroid dienone is 4. The monoisotopic (exact) mass is 768 g/mol. The van der Waals surface area contributed by atoms with Crippen molar-refractivity contribution in [2.75, 3.05) is 14.2 Å². The standard InChI is InChI=1S/C45H48N6O6/c1-11-31-26(6)34-15-33-23(3)24(4)41(48-33)42(51-19-30(21-53)14-40(51)44(55)57-10)45(22-50-18-29(20-52)13-39(50)43(54)56-9)28(8)25(5)36(49-45)16-35-27(7)32(12-2)38(47-35)17-37(31)46-34/h13-21,42,46,48H,11-12,22H2,1-10H3/b34-15-,35-16-,37-17-/t42-,45-/m0/s1. The third kappa shape index (κ3) is 6.14. The molecule has 0 spiro atoms. The van der Waals surface area contributed by atoms with Crippen LogP contribution in [0.5, 0.6) is 0 Å². The summed E-state index contributed by atoms with van der Waals surface area (Å²) in [6.07, 6.45) is 12.5. The van der Waals surface area contributed by atoms with Crippen LogP contribution in [0.3, 0.4) is 0 Å². The molecule has 0 saturated carbocycles. The summed E-state index contributed by atoms with van der Waals surface area (Å²) in [4.78, 5) is 70.0. The van der Waals surface area contributed by atoms with Crippen LogP contribution in [0.25, 0.3) is 12.2 Å². The van der Waals surface area contributed by atoms with E-state index in [-0.39, 0.29) is 29.1 Å². The molecule has 2 atom stereocenters. The summed E-state index contributed by atoms with van der Waals surface area (Å²) >= 11 is 0. The predicted octanol–water partition coefficient (Wildman–Crippen LogP) is 6.14. The van der Waals surface area contributed by atoms with Crippen molar-refractivity contribution < 1.29 is 28.7 Å². The van der Waals surface area contributed by atoms with Gasteiger partial charge in [0.2, 0.25) is 0 Å². The zero-order chi connectivity index (χ0) is 41.1. The lowest BCUT2D eigenvalue weighted by molar-refractivity contribution is 0.0580. The molecule has 0 aliphatic carbocycles. The van der Waals surface area contributed by atoms with Gasteiger partial charge >= 0.3 is 11.9 Å². The van der Waals surface area contributed by atoms with E-state index in [1.165, 1.54) is 31.9 Å². The van der Waals surface area contributed by atoms with Crippen molar-refractivity contribution in [3.05, 3.63) is 125 Å². The van der Waals surface area contributed by atoms with Gasteiger partial charge < -0.3 is 28.6 Å². The van der Waals surface area contributed by atoms with E-state index in [2.05, 4.69) is 49.8 Å². The minimum atomic E-state index is -1.29. The zero-order valence-corrected chi connectivity index (χ0v) is 34.1. The van der Waals surface area contributed by atoms with E-state index in [9.17, 15) is 19.2 Å². The Kier molecular flexibility index (Phi) is 10.0. The quantitative estimate of drug-likeness (QED) is 0.154. The van der Waals surface area contributed by atoms with Gasteiger partial charge in [0.25, 0.3) is 0 Å². The number of nitrogens with zero attached hydrogens (tertiary/aromatic N) is 4. The average Bonchev–Trinajstić information content (AvgIpc) is 4.04. The van der Waals surface area contributed by atoms with Crippen molar-refractivity contribution >= 4 is 48.1 Å². The fraction of sp³-hybridized carbons (Fsp3) is 0.333. The lowest BCUT2D eigenvalue weighted by Crippen LogP contribution is -2.44. The highest BCUT2D eigenvalue weighted by Crippen LogP contribution is 2.48. The van der Waals surface area contributed by atoms with E-state index < -0.39 is 23.5 Å². The molecule has 4 aromatic heterocycles. The molecule has 7 heterocycles. The number of carbonyl (C=O) groups is 4. The van der Waals surface area contributed by atoms with E-state index >= 15 is 0 Å². The predicted molar refractivity (Wildman–Crippen MR) is 220 cm³/mol. The molecule has 294 valence electrons. The molecular formula is C45H48N6O6. The number of aliphatic imine (C=N–C) groups is 2. The summed E-state index contributed by atoms with van der Waals surface area (Å²) in [5.74, 6) is -1.27. The maximum atomic E-state index is 13.7. The first-order valence-corrected chi connectivity index (χ1v) is 19.1. The van der Waals surface area contributed by atoms with Gasteiger partial charge in [-0.15, -0.1) is 0 Å². The number of rotatable bonds is 9. The van der Waals surface area contributed by atoms with Gasteiger partial charge in [0.15, 0.2) is 12.6 Å². The molecule has 12 heteroatoms. The van der Waals surface area contributed by atoms with Crippen LogP contribution in [0, 0.1) is 20.8 Å². The van der Waals surface area contributed by atoms with E-state index in [1.54, 1.807) is 21.5 Å². The van der Waals surface area contributed by atoms with Crippen LogP contribution in [-0.4, -0.2) is 74.8 Å². The molecule has 12 nitrogen and oxygen atoms in total. The first-order valence-electron chi connectivity index (χ1n) is 19.1. The fourth-order valence-corrected chi connectivity index (χ4v) is 8.77. The minimum Gasteiger partial charge on any atom is -0.464 e. The van der Waals surface area contributed by atoms with Crippen LogP contribution in [0.15, 0.2) is 68.6 Å². The van der Waals surface area contributed by atoms with E-state index in [4.69, 9.17) is 19.5 Å². The van der Waals surface area contributed by atoms with Gasteiger partial charge in [0.1, 0.15) is 23.0 Å². The van der Waals surface area contributed by atoms with Crippen molar-refractivity contribution in [3.63, 3.8) is 0 Å². The number of H-pyrrole nitrogens is 2. The number of hydrogen-bond acceptors (Lipinski definition) is 8. The van der Waals surface area contributed by atoms with Crippen LogP contribution >= 0.6 is 0 Å². The highest BCUT2D eigenvalue weighted by molar-refractivity contribution is 6.24. The number of aldehydes is 2. The van der Waals surface area contributed by atoms with Gasteiger partial charge in [-0.05, 0) is 129 Å². The Bertz CT molecular complexity index is 2700. The normalized spacial score (nSPS) is 20.9. The highest BCUT2D eigenvalue weighted by Gasteiger charge is 2.50. The smallest absolute Gasteiger partial charge is 0.354 e. The van der Waals surface area contributed by atoms with E-state index in [1.807, 2.05) is 33.8 Å². The van der Waals surface area contributed by atoms with Gasteiger partial charge in [0.05, 0.1) is 37.9 Å². The number of hydrogen-bond donors (Lipinski definition) is 2. The van der Waals surface area contributed by atoms with Crippen LogP contribution in [-0.2, 0) is 22.4 Å². The van der Waals surface area contributed by atoms with Gasteiger partial charge in [-0.25, -0.2) is 14.6 Å². The maximum absolute atomic E-state index is 13.7. The number of ether oxygens (including phenoxy) is 2. The van der Waals surface area contributed by atoms with Crippen LogP contribution in [0.4, 0.5) is 0 Å². The van der Waals surface area contributed by atoms with Crippen molar-refractivity contribution in [2.24, 2.45) is 9.98 Å². The van der Waals surface area contributed by atoms with Crippen molar-refractivity contribution in [1.29, 1.82) is 0 Å². The second kappa shape index (κ2) is 14.6. The van der Waals surface area contributed by atoms with Gasteiger partial charge in [-0.3, -0.25) is 14.6 Å². The molecule has 7 rings (SSSR count). The number of methoxy groups -OCH3 is 2. The molecule has 0 amide bonds. The Balaban J connectivity index is 1.67. The summed E-state index contributed by atoms with van der Waals surface area (Å²) in [5.41, 5.74) is 11.6. The molecule has 0 unspecified atom stereocenters. The third-order valence-corrected chi connectivity index (χ3v) is 12.2. The second-order valence-corrected chi connectivity index (χ2v) is 15.0. The summed E-state index contributed by atoms with van der Waals surface area (Å²) in [6.45, 7) is 16.6. The molecule has 0 saturated heterocycles. The Labute approximate surface area is 331 Å². The molecular weight excluding hydrogens is 721 g/mol. The van der Waals surface area contributed by atoms with Crippen LogP contribution < -0.4 is 10.7 Å². The highest BCUT2D eigenvalue weighted by atomic mass is 16.5. The van der Waals surface area contributed by atoms with Gasteiger partial charge in [0, 0.05) is 45.6 Å². The first kappa shape index (κ1) is 39.0. The van der Waals surface area contributed by atoms with Crippen molar-refractivity contribution in [2.45, 2.75) is 86.4 Å². The number of nitrogens with one attached hydrogen (secondary N) is 2. The molecule has 0 aromatic carbocycles. The number of aromatic amines is 2. The molecule has 2 N–H and O–H groups in total. The SMILES string of the molecule is CCC1=C(C)/C2=C/C3=N[C@@](Cn4cc(C=O)cc4C(=O)OC)(C(C)=C3C)[C@@H](n3cc(C=O)cc3C(=O)OC)c3[nH]c(c(C)c3C)/C=c3\[nH]/c(c(CC)c3C)=C\C1=N2. The Morgan fingerprint density at radius 3 is 2.11 bits per heavy atom. The Morgan fingerprint density at radius 1 is 0.789 bits per heavy atom. The van der Waals surface area contributed by atoms with Crippen molar-refractivity contribution in [1.82, 2.24) is 19.1 Å². The number of esters is 2. The largest absolute Gasteiger partial charge is 0.464 e. The maximum Gasteiger partial charge on any atom is 0.354 e. The molecule has 8 bridgehead atoms. The molecule has 4 aromatic rings. The third-order valence-electron chi connectivity index (χ3n) is 12.2. The lowest BCUT2D eigenvalue weighted by Gasteiger charge is -2.39.